The Labute approximate surface area is 241 Å². The van der Waals surface area contributed by atoms with E-state index >= 15 is 0 Å². The van der Waals surface area contributed by atoms with E-state index in [1.807, 2.05) is 0 Å². The first-order chi connectivity index (χ1) is 16.9. The Bertz CT molecular complexity index is 460. The summed E-state index contributed by atoms with van der Waals surface area (Å²) in [4.78, 5) is 0. The van der Waals surface area contributed by atoms with Gasteiger partial charge in [0.2, 0.25) is 0 Å². The molecule has 0 spiro atoms. The molecule has 0 aromatic heterocycles. The standard InChI is InChI=1S/2C16H29P.Zr/c2*1-3-8-14(9-4-1)16-12-7-13-17(16)15-10-5-2-6-11-15;/h2*14-16H,1-13H2;. The molecule has 2 heterocycles. The second-order valence-corrected chi connectivity index (χ2v) is 19.0. The van der Waals surface area contributed by atoms with Crippen LogP contribution in [0.3, 0.4) is 0 Å². The molecule has 3 heteroatoms. The maximum absolute atomic E-state index is 1.65. The molecule has 200 valence electrons. The third-order valence-corrected chi connectivity index (χ3v) is 18.8. The Morgan fingerprint density at radius 1 is 0.314 bits per heavy atom. The van der Waals surface area contributed by atoms with E-state index < -0.39 is 0 Å². The van der Waals surface area contributed by atoms with Crippen molar-refractivity contribution in [1.82, 2.24) is 0 Å². The van der Waals surface area contributed by atoms with Gasteiger partial charge >= 0.3 is 0 Å². The van der Waals surface area contributed by atoms with E-state index in [2.05, 4.69) is 0 Å². The van der Waals surface area contributed by atoms with Gasteiger partial charge in [0.25, 0.3) is 0 Å². The Morgan fingerprint density at radius 2 is 0.629 bits per heavy atom. The third-order valence-electron chi connectivity index (χ3n) is 11.2. The molecule has 35 heavy (non-hydrogen) atoms. The van der Waals surface area contributed by atoms with Crippen LogP contribution in [0.25, 0.3) is 0 Å². The van der Waals surface area contributed by atoms with E-state index in [0.29, 0.717) is 15.8 Å². The zero-order chi connectivity index (χ0) is 23.0. The van der Waals surface area contributed by atoms with Gasteiger partial charge in [0, 0.05) is 26.2 Å². The summed E-state index contributed by atoms with van der Waals surface area (Å²) in [5.74, 6) is 2.33. The monoisotopic (exact) mass is 594 g/mol. The van der Waals surface area contributed by atoms with E-state index in [1.54, 1.807) is 141 Å². The topological polar surface area (TPSA) is 0 Å². The molecule has 6 fully saturated rings. The molecule has 2 saturated heterocycles. The Balaban J connectivity index is 0.000000160. The SMILES string of the molecule is C1CCC(C2CCCP2C2CCCCC2)CC1.C1CCC(C2CCCP2C2CCCCC2)CC1.[Zr]. The molecule has 4 atom stereocenters. The molecule has 6 rings (SSSR count). The molecule has 6 aliphatic rings. The second kappa shape index (κ2) is 16.1. The van der Waals surface area contributed by atoms with Crippen molar-refractivity contribution >= 4 is 15.8 Å². The van der Waals surface area contributed by atoms with Gasteiger partial charge in [0.1, 0.15) is 0 Å². The third kappa shape index (κ3) is 8.37. The average molecular weight is 596 g/mol. The smallest absolute Gasteiger partial charge is 0 e. The van der Waals surface area contributed by atoms with E-state index in [1.165, 1.54) is 60.2 Å². The molecule has 4 saturated carbocycles. The van der Waals surface area contributed by atoms with Crippen LogP contribution in [-0.4, -0.2) is 35.0 Å². The number of rotatable bonds is 4. The molecule has 0 amide bonds. The molecule has 0 radical (unpaired) electrons. The maximum Gasteiger partial charge on any atom is 0 e. The first kappa shape index (κ1) is 29.7. The van der Waals surface area contributed by atoms with Crippen molar-refractivity contribution in [2.75, 3.05) is 12.3 Å². The Kier molecular flexibility index (Phi) is 13.7. The van der Waals surface area contributed by atoms with Crippen molar-refractivity contribution in [2.45, 2.75) is 177 Å². The normalized spacial score (nSPS) is 36.3. The Hall–Kier alpha value is 1.74. The average Bonchev–Trinajstić information content (AvgIpc) is 3.62. The fraction of sp³-hybridized carbons (Fsp3) is 1.00. The fourth-order valence-corrected chi connectivity index (χ4v) is 17.7. The predicted molar refractivity (Wildman–Crippen MR) is 157 cm³/mol. The summed E-state index contributed by atoms with van der Waals surface area (Å²) in [5, 5.41) is 0. The molecule has 4 aliphatic carbocycles. The largest absolute Gasteiger partial charge is 0.100 e. The van der Waals surface area contributed by atoms with Crippen molar-refractivity contribution in [3.05, 3.63) is 0 Å². The summed E-state index contributed by atoms with van der Waals surface area (Å²) in [6.45, 7) is 0. The summed E-state index contributed by atoms with van der Waals surface area (Å²) in [5.41, 5.74) is 4.84. The number of hydrogen-bond acceptors (Lipinski definition) is 0. The van der Waals surface area contributed by atoms with Crippen molar-refractivity contribution in [2.24, 2.45) is 11.8 Å². The molecule has 4 unspecified atom stereocenters. The van der Waals surface area contributed by atoms with E-state index in [9.17, 15) is 0 Å². The predicted octanol–water partition coefficient (Wildman–Crippen LogP) is 11.1. The molecule has 0 aromatic rings. The van der Waals surface area contributed by atoms with Crippen molar-refractivity contribution in [1.29, 1.82) is 0 Å². The second-order valence-electron chi connectivity index (χ2n) is 13.3. The maximum atomic E-state index is 1.65. The van der Waals surface area contributed by atoms with Gasteiger partial charge in [-0.05, 0) is 124 Å². The minimum atomic E-state index is 0. The summed E-state index contributed by atoms with van der Waals surface area (Å²) >= 11 is 0. The van der Waals surface area contributed by atoms with Crippen LogP contribution >= 0.6 is 15.8 Å². The van der Waals surface area contributed by atoms with Gasteiger partial charge in [-0.15, -0.1) is 15.8 Å². The van der Waals surface area contributed by atoms with Crippen LogP contribution in [0.5, 0.6) is 0 Å². The first-order valence-corrected chi connectivity index (χ1v) is 19.7. The summed E-state index contributed by atoms with van der Waals surface area (Å²) in [6.07, 6.45) is 41.1. The molecular weight excluding hydrogens is 538 g/mol. The van der Waals surface area contributed by atoms with Crippen LogP contribution in [0, 0.1) is 11.8 Å². The molecular formula is C32H58P2Zr. The minimum absolute atomic E-state index is 0. The van der Waals surface area contributed by atoms with Crippen LogP contribution in [0.15, 0.2) is 0 Å². The summed E-state index contributed by atoms with van der Waals surface area (Å²) < 4.78 is 0. The fourth-order valence-electron chi connectivity index (χ4n) is 9.41. The van der Waals surface area contributed by atoms with E-state index in [4.69, 9.17) is 0 Å². The van der Waals surface area contributed by atoms with Gasteiger partial charge in [-0.3, -0.25) is 0 Å². The molecule has 0 bridgehead atoms. The molecule has 0 aromatic carbocycles. The van der Waals surface area contributed by atoms with Crippen LogP contribution in [-0.2, 0) is 26.2 Å². The van der Waals surface area contributed by atoms with Gasteiger partial charge in [-0.2, -0.15) is 0 Å². The van der Waals surface area contributed by atoms with E-state index in [0.717, 1.165) is 0 Å². The van der Waals surface area contributed by atoms with Crippen LogP contribution < -0.4 is 0 Å². The summed E-state index contributed by atoms with van der Waals surface area (Å²) in [6, 6.07) is 0. The zero-order valence-corrected chi connectivity index (χ0v) is 27.5. The zero-order valence-electron chi connectivity index (χ0n) is 23.2. The van der Waals surface area contributed by atoms with Gasteiger partial charge in [0.05, 0.1) is 0 Å². The molecule has 2 aliphatic heterocycles. The van der Waals surface area contributed by atoms with Gasteiger partial charge < -0.3 is 0 Å². The Morgan fingerprint density at radius 3 is 0.971 bits per heavy atom. The van der Waals surface area contributed by atoms with Gasteiger partial charge in [-0.1, -0.05) is 77.0 Å². The van der Waals surface area contributed by atoms with Crippen LogP contribution in [0.4, 0.5) is 0 Å². The molecule has 0 N–H and O–H groups in total. The van der Waals surface area contributed by atoms with Crippen molar-refractivity contribution in [3.63, 3.8) is 0 Å². The first-order valence-electron chi connectivity index (χ1n) is 16.4. The number of hydrogen-bond donors (Lipinski definition) is 0. The quantitative estimate of drug-likeness (QED) is 0.284. The van der Waals surface area contributed by atoms with Crippen molar-refractivity contribution in [3.8, 4) is 0 Å². The van der Waals surface area contributed by atoms with Crippen LogP contribution in [0.1, 0.15) is 154 Å². The molecule has 0 nitrogen and oxygen atoms in total. The van der Waals surface area contributed by atoms with Crippen molar-refractivity contribution < 1.29 is 26.2 Å². The van der Waals surface area contributed by atoms with E-state index in [-0.39, 0.29) is 26.2 Å². The van der Waals surface area contributed by atoms with Gasteiger partial charge in [0.15, 0.2) is 0 Å². The van der Waals surface area contributed by atoms with Crippen LogP contribution in [0.2, 0.25) is 0 Å². The minimum Gasteiger partial charge on any atom is -0.100 e. The van der Waals surface area contributed by atoms with Gasteiger partial charge in [-0.25, -0.2) is 0 Å². The summed E-state index contributed by atoms with van der Waals surface area (Å²) in [7, 11) is 0.901.